The Hall–Kier alpha value is -1.22. The molecule has 0 aliphatic rings. The van der Waals surface area contributed by atoms with Gasteiger partial charge in [-0.2, -0.15) is 0 Å². The van der Waals surface area contributed by atoms with Gasteiger partial charge in [0.05, 0.1) is 10.7 Å². The van der Waals surface area contributed by atoms with E-state index in [1.807, 2.05) is 25.1 Å². The molecular formula is C9H12ClN3. The summed E-state index contributed by atoms with van der Waals surface area (Å²) >= 11 is 5.97. The number of amidine groups is 1. The average molecular weight is 198 g/mol. The van der Waals surface area contributed by atoms with Crippen LogP contribution < -0.4 is 10.6 Å². The minimum absolute atomic E-state index is 0.0345. The molecule has 3 N–H and O–H groups in total. The SMILES string of the molecule is CN(C)c1ccc(C(=N)N)cc1Cl. The second-order valence-corrected chi connectivity index (χ2v) is 3.38. The standard InChI is InChI=1S/C9H12ClN3/c1-13(2)8-4-3-6(9(11)12)5-7(8)10/h3-5H,1-2H3,(H3,11,12). The van der Waals surface area contributed by atoms with Crippen LogP contribution in [0.1, 0.15) is 5.56 Å². The van der Waals surface area contributed by atoms with Gasteiger partial charge in [-0.15, -0.1) is 0 Å². The van der Waals surface area contributed by atoms with E-state index in [4.69, 9.17) is 22.7 Å². The van der Waals surface area contributed by atoms with Crippen molar-refractivity contribution in [3.63, 3.8) is 0 Å². The molecule has 1 aromatic rings. The highest BCUT2D eigenvalue weighted by Gasteiger charge is 2.04. The third-order valence-corrected chi connectivity index (χ3v) is 2.04. The molecule has 1 rings (SSSR count). The lowest BCUT2D eigenvalue weighted by molar-refractivity contribution is 1.13. The first-order valence-corrected chi connectivity index (χ1v) is 4.21. The zero-order chi connectivity index (χ0) is 10.0. The van der Waals surface area contributed by atoms with Crippen molar-refractivity contribution >= 4 is 23.1 Å². The van der Waals surface area contributed by atoms with Crippen LogP contribution in [0.15, 0.2) is 18.2 Å². The number of benzene rings is 1. The van der Waals surface area contributed by atoms with Crippen LogP contribution in [0.4, 0.5) is 5.69 Å². The van der Waals surface area contributed by atoms with Gasteiger partial charge in [0.25, 0.3) is 0 Å². The van der Waals surface area contributed by atoms with Gasteiger partial charge >= 0.3 is 0 Å². The molecule has 3 nitrogen and oxygen atoms in total. The molecule has 0 aliphatic carbocycles. The lowest BCUT2D eigenvalue weighted by atomic mass is 10.2. The van der Waals surface area contributed by atoms with Gasteiger partial charge in [0.15, 0.2) is 0 Å². The molecule has 4 heteroatoms. The minimum Gasteiger partial charge on any atom is -0.384 e. The number of anilines is 1. The Bertz CT molecular complexity index is 334. The molecule has 0 saturated heterocycles. The molecule has 0 radical (unpaired) electrons. The van der Waals surface area contributed by atoms with Crippen LogP contribution in [0, 0.1) is 5.41 Å². The Balaban J connectivity index is 3.13. The summed E-state index contributed by atoms with van der Waals surface area (Å²) in [6.45, 7) is 0. The van der Waals surface area contributed by atoms with Gasteiger partial charge in [-0.1, -0.05) is 11.6 Å². The van der Waals surface area contributed by atoms with Gasteiger partial charge in [-0.25, -0.2) is 0 Å². The van der Waals surface area contributed by atoms with Crippen molar-refractivity contribution in [1.29, 1.82) is 5.41 Å². The third-order valence-electron chi connectivity index (χ3n) is 1.74. The van der Waals surface area contributed by atoms with Crippen LogP contribution in [-0.4, -0.2) is 19.9 Å². The Labute approximate surface area is 82.6 Å². The first kappa shape index (κ1) is 9.86. The van der Waals surface area contributed by atoms with Crippen molar-refractivity contribution in [3.8, 4) is 0 Å². The van der Waals surface area contributed by atoms with E-state index in [1.54, 1.807) is 12.1 Å². The van der Waals surface area contributed by atoms with Gasteiger partial charge in [0, 0.05) is 19.7 Å². The molecule has 70 valence electrons. The quantitative estimate of drug-likeness (QED) is 0.560. The van der Waals surface area contributed by atoms with E-state index in [-0.39, 0.29) is 5.84 Å². The van der Waals surface area contributed by atoms with Gasteiger partial charge in [-0.05, 0) is 18.2 Å². The van der Waals surface area contributed by atoms with E-state index in [9.17, 15) is 0 Å². The smallest absolute Gasteiger partial charge is 0.122 e. The fourth-order valence-electron chi connectivity index (χ4n) is 1.04. The van der Waals surface area contributed by atoms with Crippen molar-refractivity contribution in [3.05, 3.63) is 28.8 Å². The fourth-order valence-corrected chi connectivity index (χ4v) is 1.39. The summed E-state index contributed by atoms with van der Waals surface area (Å²) < 4.78 is 0. The van der Waals surface area contributed by atoms with Gasteiger partial charge in [0.1, 0.15) is 5.84 Å². The van der Waals surface area contributed by atoms with Gasteiger partial charge < -0.3 is 10.6 Å². The van der Waals surface area contributed by atoms with Crippen molar-refractivity contribution in [2.45, 2.75) is 0 Å². The molecule has 0 saturated carbocycles. The number of nitrogens with two attached hydrogens (primary N) is 1. The zero-order valence-electron chi connectivity index (χ0n) is 7.63. The summed E-state index contributed by atoms with van der Waals surface area (Å²) in [6.07, 6.45) is 0. The first-order chi connectivity index (χ1) is 6.02. The molecule has 13 heavy (non-hydrogen) atoms. The maximum Gasteiger partial charge on any atom is 0.122 e. The molecule has 0 atom stereocenters. The lowest BCUT2D eigenvalue weighted by Gasteiger charge is -2.14. The minimum atomic E-state index is 0.0345. The molecule has 0 aliphatic heterocycles. The van der Waals surface area contributed by atoms with Crippen LogP contribution in [-0.2, 0) is 0 Å². The highest BCUT2D eigenvalue weighted by atomic mass is 35.5. The topological polar surface area (TPSA) is 53.1 Å². The van der Waals surface area contributed by atoms with E-state index < -0.39 is 0 Å². The molecule has 0 spiro atoms. The predicted octanol–water partition coefficient (Wildman–Crippen LogP) is 1.69. The second-order valence-electron chi connectivity index (χ2n) is 2.97. The van der Waals surface area contributed by atoms with E-state index in [0.717, 1.165) is 5.69 Å². The molecule has 0 heterocycles. The van der Waals surface area contributed by atoms with Crippen molar-refractivity contribution in [2.24, 2.45) is 5.73 Å². The number of nitrogens with one attached hydrogen (secondary N) is 1. The van der Waals surface area contributed by atoms with Crippen LogP contribution in [0.2, 0.25) is 5.02 Å². The highest BCUT2D eigenvalue weighted by molar-refractivity contribution is 6.33. The lowest BCUT2D eigenvalue weighted by Crippen LogP contribution is -2.13. The first-order valence-electron chi connectivity index (χ1n) is 3.83. The molecule has 0 bridgehead atoms. The summed E-state index contributed by atoms with van der Waals surface area (Å²) in [6, 6.07) is 5.32. The number of halogens is 1. The maximum absolute atomic E-state index is 7.22. The van der Waals surface area contributed by atoms with Crippen molar-refractivity contribution in [1.82, 2.24) is 0 Å². The number of nitrogens with zero attached hydrogens (tertiary/aromatic N) is 1. The van der Waals surface area contributed by atoms with E-state index >= 15 is 0 Å². The van der Waals surface area contributed by atoms with Gasteiger partial charge in [0.2, 0.25) is 0 Å². The maximum atomic E-state index is 7.22. The largest absolute Gasteiger partial charge is 0.384 e. The van der Waals surface area contributed by atoms with E-state index in [0.29, 0.717) is 10.6 Å². The van der Waals surface area contributed by atoms with Crippen LogP contribution in [0.5, 0.6) is 0 Å². The van der Waals surface area contributed by atoms with Crippen molar-refractivity contribution < 1.29 is 0 Å². The summed E-state index contributed by atoms with van der Waals surface area (Å²) in [7, 11) is 3.82. The summed E-state index contributed by atoms with van der Waals surface area (Å²) in [4.78, 5) is 1.91. The molecule has 1 aromatic carbocycles. The average Bonchev–Trinajstić information content (AvgIpc) is 2.03. The Morgan fingerprint density at radius 1 is 1.46 bits per heavy atom. The van der Waals surface area contributed by atoms with E-state index in [1.165, 1.54) is 0 Å². The normalized spacial score (nSPS) is 9.77. The summed E-state index contributed by atoms with van der Waals surface area (Å²) in [5, 5.41) is 7.82. The molecule has 0 unspecified atom stereocenters. The Morgan fingerprint density at radius 3 is 2.46 bits per heavy atom. The Kier molecular flexibility index (Phi) is 2.78. The number of hydrogen-bond acceptors (Lipinski definition) is 2. The molecule has 0 amide bonds. The number of nitrogen functional groups attached to an aromatic ring is 1. The van der Waals surface area contributed by atoms with Crippen molar-refractivity contribution in [2.75, 3.05) is 19.0 Å². The summed E-state index contributed by atoms with van der Waals surface area (Å²) in [5.41, 5.74) is 6.89. The number of rotatable bonds is 2. The molecule has 0 fully saturated rings. The molecular weight excluding hydrogens is 186 g/mol. The third kappa shape index (κ3) is 2.12. The predicted molar refractivity (Wildman–Crippen MR) is 56.8 cm³/mol. The summed E-state index contributed by atoms with van der Waals surface area (Å²) in [5.74, 6) is 0.0345. The van der Waals surface area contributed by atoms with E-state index in [2.05, 4.69) is 0 Å². The Morgan fingerprint density at radius 2 is 2.08 bits per heavy atom. The van der Waals surface area contributed by atoms with Crippen LogP contribution >= 0.6 is 11.6 Å². The fraction of sp³-hybridized carbons (Fsp3) is 0.222. The zero-order valence-corrected chi connectivity index (χ0v) is 8.39. The van der Waals surface area contributed by atoms with Crippen LogP contribution in [0.3, 0.4) is 0 Å². The van der Waals surface area contributed by atoms with Gasteiger partial charge in [-0.3, -0.25) is 5.41 Å². The number of hydrogen-bond donors (Lipinski definition) is 2. The van der Waals surface area contributed by atoms with Crippen LogP contribution in [0.25, 0.3) is 0 Å². The second kappa shape index (κ2) is 3.66. The highest BCUT2D eigenvalue weighted by Crippen LogP contribution is 2.24. The molecule has 0 aromatic heterocycles. The monoisotopic (exact) mass is 197 g/mol.